The van der Waals surface area contributed by atoms with Crippen LogP contribution in [0.15, 0.2) is 24.3 Å². The smallest absolute Gasteiger partial charge is 0.322 e. The third kappa shape index (κ3) is 7.21. The van der Waals surface area contributed by atoms with E-state index < -0.39 is 22.0 Å². The molecule has 1 amide bonds. The van der Waals surface area contributed by atoms with E-state index in [0.29, 0.717) is 24.1 Å². The van der Waals surface area contributed by atoms with Crippen molar-refractivity contribution < 1.29 is 23.1 Å². The molecule has 4 N–H and O–H groups in total. The van der Waals surface area contributed by atoms with E-state index in [1.807, 2.05) is 6.92 Å². The topological polar surface area (TPSA) is 125 Å². The van der Waals surface area contributed by atoms with Gasteiger partial charge in [0.25, 0.3) is 0 Å². The molecule has 1 atom stereocenters. The van der Waals surface area contributed by atoms with Crippen molar-refractivity contribution in [1.82, 2.24) is 10.0 Å². The van der Waals surface area contributed by atoms with Crippen LogP contribution in [0.2, 0.25) is 0 Å². The number of hydrogen-bond acceptors (Lipinski definition) is 5. The van der Waals surface area contributed by atoms with Crippen molar-refractivity contribution in [3.63, 3.8) is 0 Å². The van der Waals surface area contributed by atoms with Crippen LogP contribution in [0, 0.1) is 5.92 Å². The van der Waals surface area contributed by atoms with Crippen LogP contribution in [0.3, 0.4) is 0 Å². The first-order valence-corrected chi connectivity index (χ1v) is 11.3. The number of carbonyl (C=O) groups excluding carboxylic acids is 1. The number of amides is 1. The molecule has 0 radical (unpaired) electrons. The van der Waals surface area contributed by atoms with Crippen LogP contribution in [0.25, 0.3) is 0 Å². The van der Waals surface area contributed by atoms with Gasteiger partial charge in [-0.1, -0.05) is 25.5 Å². The Kier molecular flexibility index (Phi) is 8.40. The Balaban J connectivity index is 1.95. The van der Waals surface area contributed by atoms with E-state index in [1.54, 1.807) is 24.3 Å². The molecule has 0 saturated carbocycles. The molecule has 0 aliphatic carbocycles. The van der Waals surface area contributed by atoms with Gasteiger partial charge in [0.05, 0.1) is 5.75 Å². The lowest BCUT2D eigenvalue weighted by atomic mass is 9.97. The minimum atomic E-state index is -3.64. The second-order valence-electron chi connectivity index (χ2n) is 7.10. The van der Waals surface area contributed by atoms with Crippen LogP contribution in [0.4, 0.5) is 5.69 Å². The van der Waals surface area contributed by atoms with Crippen LogP contribution in [0.5, 0.6) is 0 Å². The largest absolute Gasteiger partial charge is 0.480 e. The lowest BCUT2D eigenvalue weighted by Crippen LogP contribution is -2.43. The molecule has 0 spiro atoms. The van der Waals surface area contributed by atoms with Crippen LogP contribution < -0.4 is 15.4 Å². The van der Waals surface area contributed by atoms with E-state index in [2.05, 4.69) is 15.4 Å². The number of benzene rings is 1. The quantitative estimate of drug-likeness (QED) is 0.460. The summed E-state index contributed by atoms with van der Waals surface area (Å²) in [6.07, 6.45) is 2.84. The average molecular weight is 412 g/mol. The first kappa shape index (κ1) is 22.3. The third-order valence-corrected chi connectivity index (χ3v) is 6.23. The van der Waals surface area contributed by atoms with E-state index >= 15 is 0 Å². The molecule has 1 aromatic carbocycles. The van der Waals surface area contributed by atoms with E-state index in [4.69, 9.17) is 0 Å². The van der Waals surface area contributed by atoms with Crippen molar-refractivity contribution in [2.24, 2.45) is 5.92 Å². The summed E-state index contributed by atoms with van der Waals surface area (Å²) in [7, 11) is -3.64. The van der Waals surface area contributed by atoms with Crippen molar-refractivity contribution in [3.05, 3.63) is 29.8 Å². The number of hydrogen-bond donors (Lipinski definition) is 4. The van der Waals surface area contributed by atoms with Gasteiger partial charge < -0.3 is 15.7 Å². The molecular weight excluding hydrogens is 382 g/mol. The van der Waals surface area contributed by atoms with Gasteiger partial charge >= 0.3 is 5.97 Å². The minimum Gasteiger partial charge on any atom is -0.480 e. The number of unbranched alkanes of at least 4 members (excludes halogenated alkanes) is 1. The fourth-order valence-electron chi connectivity index (χ4n) is 3.08. The zero-order chi connectivity index (χ0) is 20.6. The van der Waals surface area contributed by atoms with Gasteiger partial charge in [-0.05, 0) is 56.5 Å². The van der Waals surface area contributed by atoms with Gasteiger partial charge in [0.15, 0.2) is 0 Å². The Labute approximate surface area is 166 Å². The van der Waals surface area contributed by atoms with E-state index in [9.17, 15) is 23.1 Å². The van der Waals surface area contributed by atoms with Crippen molar-refractivity contribution >= 4 is 27.6 Å². The number of carbonyl (C=O) groups is 2. The molecule has 28 heavy (non-hydrogen) atoms. The Hall–Kier alpha value is -1.97. The molecule has 0 bridgehead atoms. The van der Waals surface area contributed by atoms with Gasteiger partial charge in [-0.25, -0.2) is 13.1 Å². The summed E-state index contributed by atoms with van der Waals surface area (Å²) >= 11 is 0. The number of rotatable bonds is 10. The van der Waals surface area contributed by atoms with Crippen LogP contribution in [-0.4, -0.2) is 50.3 Å². The van der Waals surface area contributed by atoms with E-state index in [-0.39, 0.29) is 24.0 Å². The van der Waals surface area contributed by atoms with Gasteiger partial charge in [-0.15, -0.1) is 0 Å². The molecule has 1 heterocycles. The van der Waals surface area contributed by atoms with Gasteiger partial charge in [0.2, 0.25) is 15.9 Å². The Morgan fingerprint density at radius 3 is 2.43 bits per heavy atom. The predicted molar refractivity (Wildman–Crippen MR) is 108 cm³/mol. The van der Waals surface area contributed by atoms with Gasteiger partial charge in [-0.3, -0.25) is 9.59 Å². The lowest BCUT2D eigenvalue weighted by molar-refractivity contribution is -0.138. The summed E-state index contributed by atoms with van der Waals surface area (Å²) in [5.74, 6) is -1.32. The number of sulfonamides is 1. The maximum atomic E-state index is 12.3. The average Bonchev–Trinajstić information content (AvgIpc) is 2.68. The summed E-state index contributed by atoms with van der Waals surface area (Å²) in [6.45, 7) is 3.54. The molecule has 1 aromatic rings. The van der Waals surface area contributed by atoms with Crippen molar-refractivity contribution in [2.75, 3.05) is 24.2 Å². The van der Waals surface area contributed by atoms with Crippen LogP contribution in [0.1, 0.15) is 38.2 Å². The number of piperidine rings is 1. The summed E-state index contributed by atoms with van der Waals surface area (Å²) in [5, 5.41) is 15.5. The first-order valence-electron chi connectivity index (χ1n) is 9.64. The Bertz CT molecular complexity index is 758. The summed E-state index contributed by atoms with van der Waals surface area (Å²) in [6, 6.07) is 5.59. The lowest BCUT2D eigenvalue weighted by Gasteiger charge is -2.21. The van der Waals surface area contributed by atoms with E-state index in [0.717, 1.165) is 25.9 Å². The zero-order valence-electron chi connectivity index (χ0n) is 16.1. The normalized spacial score (nSPS) is 16.5. The number of aliphatic carboxylic acids is 1. The molecule has 0 unspecified atom stereocenters. The highest BCUT2D eigenvalue weighted by atomic mass is 32.2. The third-order valence-electron chi connectivity index (χ3n) is 4.76. The van der Waals surface area contributed by atoms with Gasteiger partial charge in [-0.2, -0.15) is 0 Å². The first-order chi connectivity index (χ1) is 13.3. The van der Waals surface area contributed by atoms with Crippen molar-refractivity contribution in [3.8, 4) is 0 Å². The van der Waals surface area contributed by atoms with Crippen LogP contribution in [-0.2, 0) is 26.0 Å². The maximum Gasteiger partial charge on any atom is 0.322 e. The minimum absolute atomic E-state index is 0.00477. The summed E-state index contributed by atoms with van der Waals surface area (Å²) < 4.78 is 26.3. The summed E-state index contributed by atoms with van der Waals surface area (Å²) in [4.78, 5) is 23.7. The molecule has 1 aliphatic rings. The van der Waals surface area contributed by atoms with Crippen molar-refractivity contribution in [1.29, 1.82) is 0 Å². The second kappa shape index (κ2) is 10.5. The van der Waals surface area contributed by atoms with Crippen molar-refractivity contribution in [2.45, 2.75) is 45.1 Å². The summed E-state index contributed by atoms with van der Waals surface area (Å²) in [5.41, 5.74) is 1.31. The number of nitrogens with one attached hydrogen (secondary N) is 3. The monoisotopic (exact) mass is 411 g/mol. The van der Waals surface area contributed by atoms with Gasteiger partial charge in [0.1, 0.15) is 6.04 Å². The van der Waals surface area contributed by atoms with E-state index in [1.165, 1.54) is 0 Å². The molecule has 156 valence electrons. The fraction of sp³-hybridized carbons (Fsp3) is 0.579. The second-order valence-corrected chi connectivity index (χ2v) is 8.97. The molecule has 1 fully saturated rings. The number of anilines is 1. The zero-order valence-corrected chi connectivity index (χ0v) is 16.9. The molecule has 1 aliphatic heterocycles. The molecule has 2 rings (SSSR count). The molecule has 0 aromatic heterocycles. The molecule has 8 nitrogen and oxygen atoms in total. The maximum absolute atomic E-state index is 12.3. The highest BCUT2D eigenvalue weighted by molar-refractivity contribution is 7.89. The highest BCUT2D eigenvalue weighted by Crippen LogP contribution is 2.17. The standard InChI is InChI=1S/C19H29N3O5S/c1-2-3-12-28(26,27)22-17(19(24)25)13-14-4-6-16(7-5-14)21-18(23)15-8-10-20-11-9-15/h4-7,15,17,20,22H,2-3,8-13H2,1H3,(H,21,23)(H,24,25)/t17-/m0/s1. The fourth-order valence-corrected chi connectivity index (χ4v) is 4.48. The number of carboxylic acids is 1. The van der Waals surface area contributed by atoms with Gasteiger partial charge in [0, 0.05) is 11.6 Å². The predicted octanol–water partition coefficient (Wildman–Crippen LogP) is 1.34. The van der Waals surface area contributed by atoms with Crippen LogP contribution >= 0.6 is 0 Å². The highest BCUT2D eigenvalue weighted by Gasteiger charge is 2.24. The molecule has 1 saturated heterocycles. The Morgan fingerprint density at radius 2 is 1.86 bits per heavy atom. The molecule has 9 heteroatoms. The molecular formula is C19H29N3O5S. The SMILES string of the molecule is CCCCS(=O)(=O)N[C@@H](Cc1ccc(NC(=O)C2CCNCC2)cc1)C(=O)O. The Morgan fingerprint density at radius 1 is 1.21 bits per heavy atom. The number of carboxylic acid groups (broad SMARTS) is 1.